The second-order valence-corrected chi connectivity index (χ2v) is 5.77. The summed E-state index contributed by atoms with van der Waals surface area (Å²) in [5, 5.41) is 7.08. The van der Waals surface area contributed by atoms with E-state index in [1.165, 1.54) is 6.33 Å². The number of hydrogen-bond donors (Lipinski definition) is 2. The molecule has 1 aromatic heterocycles. The van der Waals surface area contributed by atoms with E-state index < -0.39 is 0 Å². The van der Waals surface area contributed by atoms with Gasteiger partial charge in [-0.3, -0.25) is 4.79 Å². The van der Waals surface area contributed by atoms with E-state index in [4.69, 9.17) is 0 Å². The van der Waals surface area contributed by atoms with Gasteiger partial charge >= 0.3 is 0 Å². The highest BCUT2D eigenvalue weighted by Crippen LogP contribution is 2.25. The van der Waals surface area contributed by atoms with Crippen molar-refractivity contribution in [2.75, 3.05) is 10.6 Å². The van der Waals surface area contributed by atoms with Crippen molar-refractivity contribution in [3.63, 3.8) is 0 Å². The van der Waals surface area contributed by atoms with Crippen LogP contribution in [0.5, 0.6) is 0 Å². The van der Waals surface area contributed by atoms with Crippen LogP contribution in [0.2, 0.25) is 0 Å². The molecule has 2 N–H and O–H groups in total. The molecule has 3 aromatic carbocycles. The molecule has 0 aliphatic carbocycles. The van der Waals surface area contributed by atoms with E-state index in [9.17, 15) is 4.79 Å². The third-order valence-corrected chi connectivity index (χ3v) is 3.97. The van der Waals surface area contributed by atoms with Crippen LogP contribution in [-0.2, 0) is 0 Å². The van der Waals surface area contributed by atoms with Gasteiger partial charge in [-0.2, -0.15) is 0 Å². The van der Waals surface area contributed by atoms with Gasteiger partial charge in [-0.15, -0.1) is 0 Å². The highest BCUT2D eigenvalue weighted by atomic mass is 16.1. The lowest BCUT2D eigenvalue weighted by Crippen LogP contribution is -2.11. The molecule has 126 valence electrons. The molecule has 0 aliphatic rings. The van der Waals surface area contributed by atoms with Crippen LogP contribution in [0.25, 0.3) is 10.9 Å². The smallest absolute Gasteiger partial charge is 0.255 e. The van der Waals surface area contributed by atoms with Gasteiger partial charge < -0.3 is 10.6 Å². The Labute approximate surface area is 150 Å². The van der Waals surface area contributed by atoms with E-state index >= 15 is 0 Å². The van der Waals surface area contributed by atoms with Crippen LogP contribution in [0.4, 0.5) is 17.2 Å². The monoisotopic (exact) mass is 340 g/mol. The summed E-state index contributed by atoms with van der Waals surface area (Å²) in [6.07, 6.45) is 1.51. The summed E-state index contributed by atoms with van der Waals surface area (Å²) in [5.41, 5.74) is 3.01. The van der Waals surface area contributed by atoms with Crippen LogP contribution in [0, 0.1) is 0 Å². The fraction of sp³-hybridized carbons (Fsp3) is 0. The minimum Gasteiger partial charge on any atom is -0.340 e. The Hall–Kier alpha value is -3.73. The minimum absolute atomic E-state index is 0.151. The van der Waals surface area contributed by atoms with Gasteiger partial charge in [0.2, 0.25) is 0 Å². The van der Waals surface area contributed by atoms with E-state index in [1.54, 1.807) is 12.1 Å². The molecule has 0 saturated heterocycles. The summed E-state index contributed by atoms with van der Waals surface area (Å²) in [7, 11) is 0. The van der Waals surface area contributed by atoms with Crippen LogP contribution in [0.15, 0.2) is 85.2 Å². The van der Waals surface area contributed by atoms with Crippen molar-refractivity contribution in [2.24, 2.45) is 0 Å². The number of nitrogens with zero attached hydrogens (tertiary/aromatic N) is 2. The van der Waals surface area contributed by atoms with Crippen LogP contribution in [0.1, 0.15) is 10.4 Å². The number of benzene rings is 3. The Balaban J connectivity index is 1.61. The number of carbonyl (C=O) groups excluding carboxylic acids is 1. The number of rotatable bonds is 4. The molecule has 0 fully saturated rings. The molecule has 0 unspecified atom stereocenters. The van der Waals surface area contributed by atoms with Gasteiger partial charge in [-0.1, -0.05) is 36.4 Å². The van der Waals surface area contributed by atoms with Crippen molar-refractivity contribution >= 4 is 34.0 Å². The van der Waals surface area contributed by atoms with E-state index in [0.717, 1.165) is 22.4 Å². The standard InChI is InChI=1S/C21H16N4O/c26-21(15-7-3-1-4-8-15)25-17-11-12-18-19(13-17)22-14-23-20(18)24-16-9-5-2-6-10-16/h1-14H,(H,25,26)(H,22,23,24). The third kappa shape index (κ3) is 3.37. The van der Waals surface area contributed by atoms with Gasteiger partial charge in [-0.05, 0) is 42.5 Å². The van der Waals surface area contributed by atoms with Gasteiger partial charge in [-0.25, -0.2) is 9.97 Å². The van der Waals surface area contributed by atoms with Crippen molar-refractivity contribution in [2.45, 2.75) is 0 Å². The average Bonchev–Trinajstić information content (AvgIpc) is 2.69. The number of fused-ring (bicyclic) bond motifs is 1. The molecule has 1 amide bonds. The summed E-state index contributed by atoms with van der Waals surface area (Å²) < 4.78 is 0. The molecule has 5 heteroatoms. The van der Waals surface area contributed by atoms with E-state index in [1.807, 2.05) is 66.7 Å². The number of nitrogens with one attached hydrogen (secondary N) is 2. The van der Waals surface area contributed by atoms with Gasteiger partial charge in [0, 0.05) is 22.3 Å². The first-order chi connectivity index (χ1) is 12.8. The maximum Gasteiger partial charge on any atom is 0.255 e. The molecule has 4 rings (SSSR count). The number of anilines is 3. The van der Waals surface area contributed by atoms with Crippen molar-refractivity contribution in [1.29, 1.82) is 0 Å². The zero-order valence-electron chi connectivity index (χ0n) is 13.9. The van der Waals surface area contributed by atoms with Crippen molar-refractivity contribution in [1.82, 2.24) is 9.97 Å². The first kappa shape index (κ1) is 15.8. The third-order valence-electron chi connectivity index (χ3n) is 3.97. The predicted molar refractivity (Wildman–Crippen MR) is 104 cm³/mol. The van der Waals surface area contributed by atoms with Crippen LogP contribution < -0.4 is 10.6 Å². The molecule has 0 aliphatic heterocycles. The molecule has 1 heterocycles. The maximum absolute atomic E-state index is 12.3. The second kappa shape index (κ2) is 7.03. The fourth-order valence-electron chi connectivity index (χ4n) is 2.69. The van der Waals surface area contributed by atoms with Gasteiger partial charge in [0.15, 0.2) is 0 Å². The largest absolute Gasteiger partial charge is 0.340 e. The highest BCUT2D eigenvalue weighted by molar-refractivity contribution is 6.05. The van der Waals surface area contributed by atoms with Crippen molar-refractivity contribution < 1.29 is 4.79 Å². The van der Waals surface area contributed by atoms with Crippen LogP contribution in [-0.4, -0.2) is 15.9 Å². The van der Waals surface area contributed by atoms with E-state index in [-0.39, 0.29) is 5.91 Å². The number of carbonyl (C=O) groups is 1. The molecular weight excluding hydrogens is 324 g/mol. The summed E-state index contributed by atoms with van der Waals surface area (Å²) in [6.45, 7) is 0. The Morgan fingerprint density at radius 1 is 0.769 bits per heavy atom. The van der Waals surface area contributed by atoms with E-state index in [0.29, 0.717) is 11.3 Å². The summed E-state index contributed by atoms with van der Waals surface area (Å²) in [4.78, 5) is 21.0. The zero-order valence-corrected chi connectivity index (χ0v) is 13.9. The Morgan fingerprint density at radius 2 is 1.50 bits per heavy atom. The first-order valence-corrected chi connectivity index (χ1v) is 8.23. The van der Waals surface area contributed by atoms with Gasteiger partial charge in [0.05, 0.1) is 5.52 Å². The van der Waals surface area contributed by atoms with E-state index in [2.05, 4.69) is 20.6 Å². The molecule has 0 spiro atoms. The lowest BCUT2D eigenvalue weighted by atomic mass is 10.2. The quantitative estimate of drug-likeness (QED) is 0.568. The predicted octanol–water partition coefficient (Wildman–Crippen LogP) is 4.63. The molecule has 0 atom stereocenters. The lowest BCUT2D eigenvalue weighted by Gasteiger charge is -2.10. The molecular formula is C21H16N4O. The molecule has 0 radical (unpaired) electrons. The van der Waals surface area contributed by atoms with Gasteiger partial charge in [0.25, 0.3) is 5.91 Å². The van der Waals surface area contributed by atoms with Crippen molar-refractivity contribution in [3.8, 4) is 0 Å². The zero-order chi connectivity index (χ0) is 17.8. The number of para-hydroxylation sites is 1. The summed E-state index contributed by atoms with van der Waals surface area (Å²) >= 11 is 0. The lowest BCUT2D eigenvalue weighted by molar-refractivity contribution is 0.102. The molecule has 26 heavy (non-hydrogen) atoms. The van der Waals surface area contributed by atoms with Crippen LogP contribution in [0.3, 0.4) is 0 Å². The first-order valence-electron chi connectivity index (χ1n) is 8.23. The minimum atomic E-state index is -0.151. The molecule has 5 nitrogen and oxygen atoms in total. The topological polar surface area (TPSA) is 66.9 Å². The van der Waals surface area contributed by atoms with Crippen LogP contribution >= 0.6 is 0 Å². The fourth-order valence-corrected chi connectivity index (χ4v) is 2.69. The normalized spacial score (nSPS) is 10.5. The van der Waals surface area contributed by atoms with Crippen molar-refractivity contribution in [3.05, 3.63) is 90.8 Å². The number of hydrogen-bond acceptors (Lipinski definition) is 4. The SMILES string of the molecule is O=C(Nc1ccc2c(Nc3ccccc3)ncnc2c1)c1ccccc1. The second-order valence-electron chi connectivity index (χ2n) is 5.77. The Kier molecular flexibility index (Phi) is 4.26. The highest BCUT2D eigenvalue weighted by Gasteiger charge is 2.08. The summed E-state index contributed by atoms with van der Waals surface area (Å²) in [5.74, 6) is 0.573. The number of aromatic nitrogens is 2. The van der Waals surface area contributed by atoms with Gasteiger partial charge in [0.1, 0.15) is 12.1 Å². The number of amides is 1. The Morgan fingerprint density at radius 3 is 2.27 bits per heavy atom. The molecule has 4 aromatic rings. The Bertz CT molecular complexity index is 1050. The maximum atomic E-state index is 12.3. The molecule has 0 bridgehead atoms. The molecule has 0 saturated carbocycles. The average molecular weight is 340 g/mol. The summed E-state index contributed by atoms with van der Waals surface area (Å²) in [6, 6.07) is 24.5.